The van der Waals surface area contributed by atoms with E-state index in [4.69, 9.17) is 5.73 Å². The maximum atomic E-state index is 5.98. The van der Waals surface area contributed by atoms with E-state index in [1.807, 2.05) is 6.92 Å². The van der Waals surface area contributed by atoms with Crippen LogP contribution >= 0.6 is 15.9 Å². The molecule has 1 aliphatic carbocycles. The lowest BCUT2D eigenvalue weighted by Crippen LogP contribution is -2.47. The molecule has 1 aliphatic heterocycles. The maximum absolute atomic E-state index is 5.98. The summed E-state index contributed by atoms with van der Waals surface area (Å²) in [5.74, 6) is 0.914. The van der Waals surface area contributed by atoms with Gasteiger partial charge in [-0.2, -0.15) is 0 Å². The number of nitrogens with zero attached hydrogens (tertiary/aromatic N) is 1. The van der Waals surface area contributed by atoms with Crippen molar-refractivity contribution in [3.8, 4) is 0 Å². The molecule has 0 amide bonds. The summed E-state index contributed by atoms with van der Waals surface area (Å²) in [5, 5.41) is 0. The van der Waals surface area contributed by atoms with Gasteiger partial charge in [0, 0.05) is 23.1 Å². The number of halogens is 1. The third-order valence-electron chi connectivity index (χ3n) is 5.05. The van der Waals surface area contributed by atoms with E-state index in [0.29, 0.717) is 0 Å². The number of piperidine rings is 1. The Bertz CT molecular complexity index is 470. The number of hydrogen-bond donors (Lipinski definition) is 1. The van der Waals surface area contributed by atoms with Crippen LogP contribution in [0.4, 0.5) is 5.69 Å². The molecule has 2 aliphatic rings. The van der Waals surface area contributed by atoms with Gasteiger partial charge in [0.15, 0.2) is 0 Å². The van der Waals surface area contributed by atoms with Gasteiger partial charge in [0.2, 0.25) is 0 Å². The molecule has 1 aromatic carbocycles. The van der Waals surface area contributed by atoms with Gasteiger partial charge in [0.25, 0.3) is 0 Å². The van der Waals surface area contributed by atoms with Crippen LogP contribution < -0.4 is 10.6 Å². The van der Waals surface area contributed by atoms with Gasteiger partial charge in [0.1, 0.15) is 0 Å². The highest BCUT2D eigenvalue weighted by molar-refractivity contribution is 9.10. The van der Waals surface area contributed by atoms with Gasteiger partial charge >= 0.3 is 0 Å². The van der Waals surface area contributed by atoms with Crippen molar-refractivity contribution in [1.82, 2.24) is 0 Å². The first-order chi connectivity index (χ1) is 9.66. The summed E-state index contributed by atoms with van der Waals surface area (Å²) < 4.78 is 1.21. The average Bonchev–Trinajstić information content (AvgIpc) is 2.46. The molecule has 0 bridgehead atoms. The van der Waals surface area contributed by atoms with Crippen molar-refractivity contribution >= 4 is 21.6 Å². The zero-order valence-electron chi connectivity index (χ0n) is 12.3. The van der Waals surface area contributed by atoms with Crippen LogP contribution in [0.1, 0.15) is 57.1 Å². The van der Waals surface area contributed by atoms with Crippen molar-refractivity contribution in [3.05, 3.63) is 28.2 Å². The van der Waals surface area contributed by atoms with E-state index >= 15 is 0 Å². The summed E-state index contributed by atoms with van der Waals surface area (Å²) in [5.41, 5.74) is 8.56. The fraction of sp³-hybridized carbons (Fsp3) is 0.647. The topological polar surface area (TPSA) is 29.3 Å². The molecule has 20 heavy (non-hydrogen) atoms. The van der Waals surface area contributed by atoms with Gasteiger partial charge in [-0.05, 0) is 72.2 Å². The normalized spacial score (nSPS) is 28.1. The molecule has 3 rings (SSSR count). The van der Waals surface area contributed by atoms with Gasteiger partial charge in [0.05, 0.1) is 5.69 Å². The Morgan fingerprint density at radius 2 is 1.95 bits per heavy atom. The lowest BCUT2D eigenvalue weighted by atomic mass is 9.78. The van der Waals surface area contributed by atoms with Crippen LogP contribution in [0.3, 0.4) is 0 Å². The Labute approximate surface area is 130 Å². The summed E-state index contributed by atoms with van der Waals surface area (Å²) in [7, 11) is 0. The summed E-state index contributed by atoms with van der Waals surface area (Å²) in [6, 6.07) is 7.52. The summed E-state index contributed by atoms with van der Waals surface area (Å²) >= 11 is 3.77. The first-order valence-corrected chi connectivity index (χ1v) is 8.78. The van der Waals surface area contributed by atoms with Crippen LogP contribution in [0, 0.1) is 5.92 Å². The van der Waals surface area contributed by atoms with Gasteiger partial charge in [-0.15, -0.1) is 0 Å². The maximum Gasteiger partial charge on any atom is 0.0513 e. The average molecular weight is 337 g/mol. The Morgan fingerprint density at radius 1 is 1.20 bits per heavy atom. The van der Waals surface area contributed by atoms with Crippen LogP contribution in [0.5, 0.6) is 0 Å². The highest BCUT2D eigenvalue weighted by atomic mass is 79.9. The number of anilines is 1. The zero-order valence-corrected chi connectivity index (χ0v) is 13.9. The molecule has 3 atom stereocenters. The second-order valence-corrected chi connectivity index (χ2v) is 7.30. The van der Waals surface area contributed by atoms with Crippen LogP contribution in [-0.2, 0) is 0 Å². The molecule has 1 saturated heterocycles. The first-order valence-electron chi connectivity index (χ1n) is 7.98. The number of benzene rings is 1. The Morgan fingerprint density at radius 3 is 2.70 bits per heavy atom. The fourth-order valence-corrected chi connectivity index (χ4v) is 4.59. The van der Waals surface area contributed by atoms with E-state index in [1.165, 1.54) is 60.8 Å². The highest BCUT2D eigenvalue weighted by Crippen LogP contribution is 2.40. The van der Waals surface area contributed by atoms with Crippen LogP contribution in [0.15, 0.2) is 22.7 Å². The molecule has 2 N–H and O–H groups in total. The lowest BCUT2D eigenvalue weighted by molar-refractivity contribution is 0.243. The molecule has 2 fully saturated rings. The fourth-order valence-electron chi connectivity index (χ4n) is 3.96. The standard InChI is InChI=1S/C17H25BrN2/c1-12(19)14-8-9-17(15(18)11-14)20-10-4-6-13-5-2-3-7-16(13)20/h8-9,11-13,16H,2-7,10,19H2,1H3/t12-,13-,16-/m1/s1. The minimum Gasteiger partial charge on any atom is -0.367 e. The SMILES string of the molecule is C[C@@H](N)c1ccc(N2CCC[C@H]3CCCC[C@H]32)c(Br)c1. The predicted molar refractivity (Wildman–Crippen MR) is 89.1 cm³/mol. The van der Waals surface area contributed by atoms with Crippen molar-refractivity contribution < 1.29 is 0 Å². The number of rotatable bonds is 2. The molecule has 1 heterocycles. The van der Waals surface area contributed by atoms with Crippen LogP contribution in [-0.4, -0.2) is 12.6 Å². The Hall–Kier alpha value is -0.540. The molecule has 1 aromatic rings. The van der Waals surface area contributed by atoms with Crippen molar-refractivity contribution in [2.75, 3.05) is 11.4 Å². The minimum atomic E-state index is 0.101. The number of fused-ring (bicyclic) bond motifs is 1. The monoisotopic (exact) mass is 336 g/mol. The molecule has 0 radical (unpaired) electrons. The van der Waals surface area contributed by atoms with Gasteiger partial charge in [-0.1, -0.05) is 18.9 Å². The molecule has 0 unspecified atom stereocenters. The van der Waals surface area contributed by atoms with E-state index in [2.05, 4.69) is 39.0 Å². The molecular weight excluding hydrogens is 312 g/mol. The summed E-state index contributed by atoms with van der Waals surface area (Å²) in [6.07, 6.45) is 8.38. The number of hydrogen-bond acceptors (Lipinski definition) is 2. The molecule has 2 nitrogen and oxygen atoms in total. The second kappa shape index (κ2) is 6.07. The third-order valence-corrected chi connectivity index (χ3v) is 5.69. The smallest absolute Gasteiger partial charge is 0.0513 e. The Kier molecular flexibility index (Phi) is 4.37. The number of nitrogens with two attached hydrogens (primary N) is 1. The van der Waals surface area contributed by atoms with Crippen molar-refractivity contribution in [3.63, 3.8) is 0 Å². The minimum absolute atomic E-state index is 0.101. The molecule has 1 saturated carbocycles. The lowest BCUT2D eigenvalue weighted by Gasteiger charge is -2.45. The Balaban J connectivity index is 1.87. The largest absolute Gasteiger partial charge is 0.367 e. The van der Waals surface area contributed by atoms with E-state index in [0.717, 1.165) is 12.0 Å². The van der Waals surface area contributed by atoms with Crippen LogP contribution in [0.2, 0.25) is 0 Å². The van der Waals surface area contributed by atoms with Crippen LogP contribution in [0.25, 0.3) is 0 Å². The van der Waals surface area contributed by atoms with E-state index in [1.54, 1.807) is 0 Å². The molecule has 0 spiro atoms. The van der Waals surface area contributed by atoms with Gasteiger partial charge < -0.3 is 10.6 Å². The predicted octanol–water partition coefficient (Wildman–Crippen LogP) is 4.63. The molecule has 0 aromatic heterocycles. The van der Waals surface area contributed by atoms with E-state index in [9.17, 15) is 0 Å². The first kappa shape index (κ1) is 14.4. The summed E-state index contributed by atoms with van der Waals surface area (Å²) in [6.45, 7) is 3.25. The third kappa shape index (κ3) is 2.75. The van der Waals surface area contributed by atoms with Gasteiger partial charge in [-0.25, -0.2) is 0 Å². The second-order valence-electron chi connectivity index (χ2n) is 6.45. The summed E-state index contributed by atoms with van der Waals surface area (Å²) in [4.78, 5) is 2.66. The molecular formula is C17H25BrN2. The van der Waals surface area contributed by atoms with Gasteiger partial charge in [-0.3, -0.25) is 0 Å². The quantitative estimate of drug-likeness (QED) is 0.853. The molecule has 3 heteroatoms. The van der Waals surface area contributed by atoms with E-state index < -0.39 is 0 Å². The van der Waals surface area contributed by atoms with Crippen molar-refractivity contribution in [2.24, 2.45) is 11.7 Å². The highest BCUT2D eigenvalue weighted by Gasteiger charge is 2.33. The zero-order chi connectivity index (χ0) is 14.1. The molecule has 110 valence electrons. The van der Waals surface area contributed by atoms with E-state index in [-0.39, 0.29) is 6.04 Å². The van der Waals surface area contributed by atoms with Crippen molar-refractivity contribution in [1.29, 1.82) is 0 Å². The van der Waals surface area contributed by atoms with Crippen molar-refractivity contribution in [2.45, 2.75) is 57.5 Å².